The highest BCUT2D eigenvalue weighted by Gasteiger charge is 2.38. The number of halogens is 3. The van der Waals surface area contributed by atoms with Crippen molar-refractivity contribution in [2.45, 2.75) is 12.6 Å². The van der Waals surface area contributed by atoms with Gasteiger partial charge >= 0.3 is 12.2 Å². The maximum absolute atomic E-state index is 13.8. The molecule has 0 fully saturated rings. The molecule has 3 heterocycles. The number of ether oxygens (including phenoxy) is 1. The van der Waals surface area contributed by atoms with Crippen LogP contribution in [0.25, 0.3) is 10.9 Å². The van der Waals surface area contributed by atoms with E-state index < -0.39 is 17.8 Å². The first kappa shape index (κ1) is 20.9. The fourth-order valence-electron chi connectivity index (χ4n) is 4.17. The van der Waals surface area contributed by atoms with Crippen molar-refractivity contribution in [3.63, 3.8) is 0 Å². The molecule has 2 aromatic carbocycles. The third kappa shape index (κ3) is 3.65. The van der Waals surface area contributed by atoms with Gasteiger partial charge in [-0.15, -0.1) is 0 Å². The summed E-state index contributed by atoms with van der Waals surface area (Å²) in [6.07, 6.45) is 0.748. The number of urea groups is 1. The lowest BCUT2D eigenvalue weighted by atomic mass is 10.1. The largest absolute Gasteiger partial charge is 0.496 e. The van der Waals surface area contributed by atoms with Gasteiger partial charge in [0.1, 0.15) is 5.75 Å². The average molecular weight is 452 g/mol. The Bertz CT molecular complexity index is 1330. The predicted molar refractivity (Wildman–Crippen MR) is 119 cm³/mol. The van der Waals surface area contributed by atoms with Gasteiger partial charge in [0.05, 0.1) is 24.0 Å². The lowest BCUT2D eigenvalue weighted by molar-refractivity contribution is -0.138. The first-order valence-corrected chi connectivity index (χ1v) is 10.2. The van der Waals surface area contributed by atoms with Crippen LogP contribution in [0.5, 0.6) is 5.75 Å². The van der Waals surface area contributed by atoms with Crippen LogP contribution in [0.1, 0.15) is 11.1 Å². The molecule has 1 aliphatic heterocycles. The Morgan fingerprint density at radius 2 is 1.88 bits per heavy atom. The highest BCUT2D eigenvalue weighted by atomic mass is 19.4. The number of alkyl halides is 3. The Morgan fingerprint density at radius 1 is 1.09 bits per heavy atom. The number of nitrogens with zero attached hydrogens (tertiary/aromatic N) is 3. The Balaban J connectivity index is 1.61. The quantitative estimate of drug-likeness (QED) is 0.420. The molecule has 5 rings (SSSR count). The van der Waals surface area contributed by atoms with Gasteiger partial charge in [-0.1, -0.05) is 0 Å². The van der Waals surface area contributed by atoms with Crippen LogP contribution in [-0.2, 0) is 12.6 Å². The SMILES string of the molecule is COc1cc2c(cc1C(F)(F)F)N(C(=O)N(c1ccncc1)c1ccc3[nH]ccc3c1)CC2. The molecule has 0 radical (unpaired) electrons. The van der Waals surface area contributed by atoms with E-state index in [4.69, 9.17) is 4.74 Å². The maximum Gasteiger partial charge on any atom is 0.420 e. The third-order valence-electron chi connectivity index (χ3n) is 5.74. The molecule has 2 amide bonds. The zero-order valence-corrected chi connectivity index (χ0v) is 17.6. The van der Waals surface area contributed by atoms with Crippen molar-refractivity contribution in [2.75, 3.05) is 23.5 Å². The van der Waals surface area contributed by atoms with Gasteiger partial charge in [0.2, 0.25) is 0 Å². The van der Waals surface area contributed by atoms with E-state index in [1.54, 1.807) is 36.8 Å². The van der Waals surface area contributed by atoms with Crippen LogP contribution >= 0.6 is 0 Å². The Hall–Kier alpha value is -4.01. The molecule has 1 N–H and O–H groups in total. The van der Waals surface area contributed by atoms with Gasteiger partial charge in [0, 0.05) is 41.7 Å². The first-order valence-electron chi connectivity index (χ1n) is 10.2. The smallest absolute Gasteiger partial charge is 0.420 e. The molecular weight excluding hydrogens is 433 g/mol. The molecule has 0 saturated carbocycles. The second-order valence-electron chi connectivity index (χ2n) is 7.65. The van der Waals surface area contributed by atoms with Crippen molar-refractivity contribution in [3.8, 4) is 5.75 Å². The number of anilines is 3. The van der Waals surface area contributed by atoms with E-state index in [1.807, 2.05) is 18.2 Å². The van der Waals surface area contributed by atoms with E-state index in [-0.39, 0.29) is 18.0 Å². The molecule has 0 bridgehead atoms. The van der Waals surface area contributed by atoms with Crippen LogP contribution in [-0.4, -0.2) is 29.7 Å². The van der Waals surface area contributed by atoms with Crippen molar-refractivity contribution in [3.05, 3.63) is 78.2 Å². The topological polar surface area (TPSA) is 61.5 Å². The number of aromatic nitrogens is 2. The van der Waals surface area contributed by atoms with Crippen LogP contribution in [0, 0.1) is 0 Å². The molecule has 168 valence electrons. The minimum Gasteiger partial charge on any atom is -0.496 e. The minimum atomic E-state index is -4.61. The minimum absolute atomic E-state index is 0.231. The van der Waals surface area contributed by atoms with Crippen LogP contribution in [0.15, 0.2) is 67.1 Å². The lowest BCUT2D eigenvalue weighted by Gasteiger charge is -2.29. The van der Waals surface area contributed by atoms with Gasteiger partial charge < -0.3 is 9.72 Å². The van der Waals surface area contributed by atoms with E-state index in [2.05, 4.69) is 9.97 Å². The van der Waals surface area contributed by atoms with Crippen molar-refractivity contribution in [2.24, 2.45) is 0 Å². The number of aromatic amines is 1. The zero-order valence-electron chi connectivity index (χ0n) is 17.6. The highest BCUT2D eigenvalue weighted by Crippen LogP contribution is 2.43. The first-order chi connectivity index (χ1) is 15.9. The van der Waals surface area contributed by atoms with Crippen molar-refractivity contribution >= 4 is 34.0 Å². The van der Waals surface area contributed by atoms with Gasteiger partial charge in [-0.25, -0.2) is 4.79 Å². The summed E-state index contributed by atoms with van der Waals surface area (Å²) in [5, 5.41) is 0.908. The van der Waals surface area contributed by atoms with Gasteiger partial charge in [-0.2, -0.15) is 13.2 Å². The molecular formula is C24H19F3N4O2. The van der Waals surface area contributed by atoms with Crippen LogP contribution in [0.3, 0.4) is 0 Å². The third-order valence-corrected chi connectivity index (χ3v) is 5.74. The molecule has 4 aromatic rings. The van der Waals surface area contributed by atoms with Gasteiger partial charge in [-0.3, -0.25) is 14.8 Å². The number of hydrogen-bond acceptors (Lipinski definition) is 3. The maximum atomic E-state index is 13.8. The standard InChI is InChI=1S/C24H19F3N4O2/c1-33-22-13-16-7-11-30(21(16)14-19(22)24(25,26)27)23(32)31(17-5-8-28-9-6-17)18-2-3-20-15(12-18)4-10-29-20/h2-6,8-10,12-14,29H,7,11H2,1H3. The summed E-state index contributed by atoms with van der Waals surface area (Å²) in [5.74, 6) is -0.251. The van der Waals surface area contributed by atoms with E-state index in [1.165, 1.54) is 23.0 Å². The Kier molecular flexibility index (Phi) is 4.96. The number of pyridine rings is 1. The van der Waals surface area contributed by atoms with Crippen molar-refractivity contribution in [1.82, 2.24) is 9.97 Å². The van der Waals surface area contributed by atoms with Crippen molar-refractivity contribution < 1.29 is 22.7 Å². The number of amides is 2. The van der Waals surface area contributed by atoms with E-state index in [0.29, 0.717) is 23.4 Å². The van der Waals surface area contributed by atoms with Crippen LogP contribution < -0.4 is 14.5 Å². The normalized spacial score (nSPS) is 13.3. The van der Waals surface area contributed by atoms with Crippen LogP contribution in [0.2, 0.25) is 0 Å². The average Bonchev–Trinajstić information content (AvgIpc) is 3.44. The summed E-state index contributed by atoms with van der Waals surface area (Å²) in [4.78, 5) is 23.8. The Labute approximate surface area is 187 Å². The molecule has 0 saturated heterocycles. The summed E-state index contributed by atoms with van der Waals surface area (Å²) in [6.45, 7) is 0.257. The number of hydrogen-bond donors (Lipinski definition) is 1. The number of carbonyl (C=O) groups is 1. The zero-order chi connectivity index (χ0) is 23.2. The van der Waals surface area contributed by atoms with E-state index in [9.17, 15) is 18.0 Å². The molecule has 0 aliphatic carbocycles. The second kappa shape index (κ2) is 7.84. The monoisotopic (exact) mass is 452 g/mol. The summed E-state index contributed by atoms with van der Waals surface area (Å²) in [5.41, 5.74) is 2.01. The Morgan fingerprint density at radius 3 is 2.61 bits per heavy atom. The number of nitrogens with one attached hydrogen (secondary N) is 1. The fourth-order valence-corrected chi connectivity index (χ4v) is 4.17. The molecule has 6 nitrogen and oxygen atoms in total. The summed E-state index contributed by atoms with van der Waals surface area (Å²) >= 11 is 0. The highest BCUT2D eigenvalue weighted by molar-refractivity contribution is 6.10. The molecule has 9 heteroatoms. The fraction of sp³-hybridized carbons (Fsp3) is 0.167. The summed E-state index contributed by atoms with van der Waals surface area (Å²) in [7, 11) is 1.21. The number of benzene rings is 2. The molecule has 0 atom stereocenters. The van der Waals surface area contributed by atoms with Crippen molar-refractivity contribution in [1.29, 1.82) is 0 Å². The molecule has 0 unspecified atom stereocenters. The van der Waals surface area contributed by atoms with Gasteiger partial charge in [-0.05, 0) is 60.5 Å². The molecule has 2 aromatic heterocycles. The second-order valence-corrected chi connectivity index (χ2v) is 7.65. The number of H-pyrrole nitrogens is 1. The van der Waals surface area contributed by atoms with Gasteiger partial charge in [0.15, 0.2) is 0 Å². The number of methoxy groups -OCH3 is 1. The van der Waals surface area contributed by atoms with E-state index in [0.717, 1.165) is 17.0 Å². The number of fused-ring (bicyclic) bond motifs is 2. The molecule has 33 heavy (non-hydrogen) atoms. The van der Waals surface area contributed by atoms with E-state index >= 15 is 0 Å². The molecule has 0 spiro atoms. The number of carbonyl (C=O) groups excluding carboxylic acids is 1. The lowest BCUT2D eigenvalue weighted by Crippen LogP contribution is -2.40. The number of rotatable bonds is 3. The molecule has 1 aliphatic rings. The summed E-state index contributed by atoms with van der Waals surface area (Å²) in [6, 6.07) is 12.7. The van der Waals surface area contributed by atoms with Gasteiger partial charge in [0.25, 0.3) is 0 Å². The van der Waals surface area contributed by atoms with Crippen LogP contribution in [0.4, 0.5) is 35.0 Å². The predicted octanol–water partition coefficient (Wildman–Crippen LogP) is 5.91. The summed E-state index contributed by atoms with van der Waals surface area (Å²) < 4.78 is 45.9.